The maximum atomic E-state index is 12.6. The third-order valence-electron chi connectivity index (χ3n) is 11.4. The molecule has 376 valence electrons. The number of nitrogens with two attached hydrogens (primary N) is 2. The van der Waals surface area contributed by atoms with E-state index in [2.05, 4.69) is 60.5 Å². The van der Waals surface area contributed by atoms with Crippen molar-refractivity contribution in [2.24, 2.45) is 11.5 Å². The van der Waals surface area contributed by atoms with E-state index in [0.29, 0.717) is 79.5 Å². The largest absolute Gasteiger partial charge is 0.444 e. The maximum Gasteiger partial charge on any atom is 0.410 e. The Morgan fingerprint density at radius 2 is 1.15 bits per heavy atom. The number of fused-ring (bicyclic) bond motifs is 2. The molecule has 4 aliphatic rings. The zero-order chi connectivity index (χ0) is 52.4. The fourth-order valence-electron chi connectivity index (χ4n) is 7.83. The van der Waals surface area contributed by atoms with Crippen LogP contribution in [0.5, 0.6) is 0 Å². The molecule has 6 N–H and O–H groups in total. The van der Waals surface area contributed by atoms with Gasteiger partial charge in [-0.1, -0.05) is 17.8 Å². The molecule has 0 radical (unpaired) electrons. The van der Waals surface area contributed by atoms with Crippen molar-refractivity contribution in [3.63, 3.8) is 0 Å². The lowest BCUT2D eigenvalue weighted by molar-refractivity contribution is -0.138. The number of likely N-dealkylation sites (tertiary alicyclic amines) is 2. The average molecular weight is 1090 g/mol. The van der Waals surface area contributed by atoms with Gasteiger partial charge in [-0.25, -0.2) is 28.9 Å². The Balaban J connectivity index is 0.000000200. The number of aromatic nitrogens is 6. The first-order valence-electron chi connectivity index (χ1n) is 22.5. The molecular formula is C48H57IN12O10. The monoisotopic (exact) mass is 1090 g/mol. The molecule has 22 nitrogen and oxygen atoms in total. The zero-order valence-corrected chi connectivity index (χ0v) is 42.9. The molecule has 6 amide bonds. The van der Waals surface area contributed by atoms with E-state index < -0.39 is 52.3 Å². The molecule has 0 bridgehead atoms. The lowest BCUT2D eigenvalue weighted by Gasteiger charge is -2.30. The number of hydrogen-bond acceptors (Lipinski definition) is 14. The van der Waals surface area contributed by atoms with Crippen molar-refractivity contribution in [1.29, 1.82) is 0 Å². The van der Waals surface area contributed by atoms with Gasteiger partial charge < -0.3 is 50.8 Å². The van der Waals surface area contributed by atoms with Gasteiger partial charge in [-0.05, 0) is 88.4 Å². The summed E-state index contributed by atoms with van der Waals surface area (Å²) < 4.78 is 15.1. The van der Waals surface area contributed by atoms with Gasteiger partial charge in [0.05, 0.1) is 24.5 Å². The van der Waals surface area contributed by atoms with Crippen LogP contribution in [-0.4, -0.2) is 158 Å². The quantitative estimate of drug-likeness (QED) is 0.168. The Morgan fingerprint density at radius 1 is 0.718 bits per heavy atom. The SMILES string of the molecule is C#C[C@]1(O)CCN(C)C1=O.CC(C)(C)OC(=O)N1CCc2c(c(C(N)=O)nn2-c2cc(I)ccn2)C1.CN1CC[C@@](O)(C#Cc2ccnc(-n3nc(C(N)=O)c4c3CCN(C(=O)OC(C)(C)C)C4)c2)C1=O. The van der Waals surface area contributed by atoms with E-state index in [0.717, 1.165) is 9.26 Å². The summed E-state index contributed by atoms with van der Waals surface area (Å²) in [6, 6.07) is 7.05. The first-order chi connectivity index (χ1) is 33.1. The van der Waals surface area contributed by atoms with Gasteiger partial charge in [0, 0.05) is 98.6 Å². The number of pyridine rings is 2. The summed E-state index contributed by atoms with van der Waals surface area (Å²) in [5.74, 6) is 6.49. The average Bonchev–Trinajstić information content (AvgIpc) is 4.03. The highest BCUT2D eigenvalue weighted by Crippen LogP contribution is 2.29. The number of ether oxygens (including phenoxy) is 2. The van der Waals surface area contributed by atoms with Gasteiger partial charge in [-0.2, -0.15) is 10.2 Å². The maximum absolute atomic E-state index is 12.6. The molecule has 0 aliphatic carbocycles. The van der Waals surface area contributed by atoms with Crippen LogP contribution in [0.4, 0.5) is 9.59 Å². The Bertz CT molecular complexity index is 2880. The molecule has 2 atom stereocenters. The Labute approximate surface area is 424 Å². The Kier molecular flexibility index (Phi) is 15.5. The molecule has 71 heavy (non-hydrogen) atoms. The minimum atomic E-state index is -1.71. The summed E-state index contributed by atoms with van der Waals surface area (Å²) in [5.41, 5.74) is 10.1. The molecule has 2 saturated heterocycles. The molecule has 4 aromatic rings. The highest BCUT2D eigenvalue weighted by atomic mass is 127. The van der Waals surface area contributed by atoms with Crippen molar-refractivity contribution < 1.29 is 48.5 Å². The predicted molar refractivity (Wildman–Crippen MR) is 263 cm³/mol. The predicted octanol–water partition coefficient (Wildman–Crippen LogP) is 2.08. The van der Waals surface area contributed by atoms with Crippen molar-refractivity contribution in [2.45, 2.75) is 103 Å². The summed E-state index contributed by atoms with van der Waals surface area (Å²) in [5, 5.41) is 28.6. The summed E-state index contributed by atoms with van der Waals surface area (Å²) in [7, 11) is 3.24. The van der Waals surface area contributed by atoms with Crippen LogP contribution < -0.4 is 11.5 Å². The lowest BCUT2D eigenvalue weighted by atomic mass is 10.0. The van der Waals surface area contributed by atoms with E-state index in [-0.39, 0.29) is 36.8 Å². The zero-order valence-electron chi connectivity index (χ0n) is 40.8. The topological polar surface area (TPSA) is 288 Å². The fraction of sp³-hybridized carbons (Fsp3) is 0.458. The molecule has 0 spiro atoms. The van der Waals surface area contributed by atoms with E-state index in [1.807, 2.05) is 32.9 Å². The standard InChI is InChI=1S/C24H28N6O5.C17H20IN5O3.C7H9NO2/c1-23(2,3)35-22(33)29-11-7-17-16(14-29)19(20(25)31)27-30(17)18-13-15(6-10-26-18)5-8-24(34)9-12-28(4)21(24)32;1-17(2,3)26-16(25)22-7-5-12-11(9-22)14(15(19)24)21-23(12)13-8-10(18)4-6-20-13;1-3-7(10)4-5-8(2)6(7)9/h6,10,13,34H,7,9,11-12,14H2,1-4H3,(H2,25,31);4,6,8H,5,7,9H2,1-3H3,(H2,19,24);1,10H,4-5H2,2H3/t24-;;7-/m0.0/s1. The van der Waals surface area contributed by atoms with E-state index in [9.17, 15) is 39.0 Å². The van der Waals surface area contributed by atoms with Crippen molar-refractivity contribution in [2.75, 3.05) is 40.3 Å². The van der Waals surface area contributed by atoms with Gasteiger partial charge >= 0.3 is 12.2 Å². The highest BCUT2D eigenvalue weighted by Gasteiger charge is 2.43. The molecule has 23 heteroatoms. The van der Waals surface area contributed by atoms with Crippen LogP contribution in [-0.2, 0) is 45.0 Å². The highest BCUT2D eigenvalue weighted by molar-refractivity contribution is 14.1. The van der Waals surface area contributed by atoms with Crippen molar-refractivity contribution >= 4 is 58.4 Å². The number of aliphatic hydroxyl groups is 2. The van der Waals surface area contributed by atoms with Crippen LogP contribution >= 0.6 is 22.6 Å². The molecule has 0 aromatic carbocycles. The first-order valence-corrected chi connectivity index (χ1v) is 23.5. The van der Waals surface area contributed by atoms with Crippen molar-refractivity contribution in [1.82, 2.24) is 49.1 Å². The Hall–Kier alpha value is -7.09. The molecule has 8 rings (SSSR count). The fourth-order valence-corrected chi connectivity index (χ4v) is 8.27. The van der Waals surface area contributed by atoms with Crippen LogP contribution in [0, 0.1) is 27.8 Å². The molecule has 4 aromatic heterocycles. The Morgan fingerprint density at radius 3 is 1.54 bits per heavy atom. The summed E-state index contributed by atoms with van der Waals surface area (Å²) in [6.07, 6.45) is 8.81. The third kappa shape index (κ3) is 12.3. The van der Waals surface area contributed by atoms with E-state index in [4.69, 9.17) is 27.4 Å². The van der Waals surface area contributed by atoms with Crippen LogP contribution in [0.1, 0.15) is 103 Å². The molecule has 0 saturated carbocycles. The van der Waals surface area contributed by atoms with Crippen LogP contribution in [0.25, 0.3) is 11.6 Å². The van der Waals surface area contributed by atoms with E-state index >= 15 is 0 Å². The van der Waals surface area contributed by atoms with Crippen LogP contribution in [0.2, 0.25) is 0 Å². The number of carbonyl (C=O) groups is 6. The van der Waals surface area contributed by atoms with Gasteiger partial charge in [-0.3, -0.25) is 19.2 Å². The number of halogens is 1. The van der Waals surface area contributed by atoms with Gasteiger partial charge in [0.2, 0.25) is 11.2 Å². The van der Waals surface area contributed by atoms with Gasteiger partial charge in [0.15, 0.2) is 23.0 Å². The second-order valence-electron chi connectivity index (χ2n) is 19.2. The second-order valence-corrected chi connectivity index (χ2v) is 20.5. The second kappa shape index (κ2) is 20.7. The number of likely N-dealkylation sites (N-methyl/N-ethyl adjacent to an activating group) is 2. The first kappa shape index (κ1) is 53.3. The number of hydrogen-bond donors (Lipinski definition) is 4. The van der Waals surface area contributed by atoms with Crippen LogP contribution in [0.3, 0.4) is 0 Å². The smallest absolute Gasteiger partial charge is 0.410 e. The molecule has 0 unspecified atom stereocenters. The number of terminal acetylenes is 1. The van der Waals surface area contributed by atoms with Crippen molar-refractivity contribution in [3.8, 4) is 35.8 Å². The minimum Gasteiger partial charge on any atom is -0.444 e. The summed E-state index contributed by atoms with van der Waals surface area (Å²) in [4.78, 5) is 86.8. The van der Waals surface area contributed by atoms with Gasteiger partial charge in [-0.15, -0.1) is 6.42 Å². The minimum absolute atomic E-state index is 0.0560. The lowest BCUT2D eigenvalue weighted by Crippen LogP contribution is -2.40. The number of carbonyl (C=O) groups excluding carboxylic acids is 6. The molecule has 4 aliphatic heterocycles. The molecule has 8 heterocycles. The number of rotatable bonds is 4. The number of amides is 6. The number of primary amides is 2. The van der Waals surface area contributed by atoms with Crippen molar-refractivity contribution in [3.05, 3.63) is 79.7 Å². The summed E-state index contributed by atoms with van der Waals surface area (Å²) in [6.45, 7) is 13.0. The normalized spacial score (nSPS) is 19.5. The van der Waals surface area contributed by atoms with Gasteiger partial charge in [0.1, 0.15) is 11.2 Å². The van der Waals surface area contributed by atoms with E-state index in [1.165, 1.54) is 25.6 Å². The molecule has 2 fully saturated rings. The third-order valence-corrected chi connectivity index (χ3v) is 12.1. The van der Waals surface area contributed by atoms with Gasteiger partial charge in [0.25, 0.3) is 23.6 Å². The molecular weight excluding hydrogens is 1030 g/mol. The summed E-state index contributed by atoms with van der Waals surface area (Å²) >= 11 is 2.19. The van der Waals surface area contributed by atoms with E-state index in [1.54, 1.807) is 62.8 Å². The van der Waals surface area contributed by atoms with Crippen LogP contribution in [0.15, 0.2) is 36.7 Å². The number of nitrogens with zero attached hydrogens (tertiary/aromatic N) is 10.